The van der Waals surface area contributed by atoms with Gasteiger partial charge in [0.2, 0.25) is 5.82 Å². The summed E-state index contributed by atoms with van der Waals surface area (Å²) in [4.78, 5) is 4.67. The van der Waals surface area contributed by atoms with E-state index in [0.717, 1.165) is 19.3 Å². The fraction of sp³-hybridized carbons (Fsp3) is 0.682. The minimum absolute atomic E-state index is 0.633. The van der Waals surface area contributed by atoms with Gasteiger partial charge in [0.1, 0.15) is 6.61 Å². The van der Waals surface area contributed by atoms with Crippen molar-refractivity contribution in [1.82, 2.24) is 0 Å². The summed E-state index contributed by atoms with van der Waals surface area (Å²) in [6.07, 6.45) is 16.9. The summed E-state index contributed by atoms with van der Waals surface area (Å²) in [7, 11) is 0. The van der Waals surface area contributed by atoms with Crippen molar-refractivity contribution in [2.75, 3.05) is 0 Å². The van der Waals surface area contributed by atoms with Crippen molar-refractivity contribution in [2.24, 2.45) is 5.16 Å². The average molecular weight is 421 g/mol. The molecule has 0 aromatic heterocycles. The molecule has 1 aromatic rings. The zero-order valence-corrected chi connectivity index (χ0v) is 17.2. The molecule has 0 aliphatic heterocycles. The number of unbranched alkanes of at least 4 members (excludes halogenated alkanes) is 12. The van der Waals surface area contributed by atoms with Crippen LogP contribution in [0.1, 0.15) is 96.0 Å². The van der Waals surface area contributed by atoms with Crippen LogP contribution >= 0.6 is 0 Å². The lowest BCUT2D eigenvalue weighted by Crippen LogP contribution is -2.07. The molecule has 0 aliphatic rings. The van der Waals surface area contributed by atoms with Gasteiger partial charge >= 0.3 is 0 Å². The molecule has 166 valence electrons. The largest absolute Gasteiger partial charge is 0.391 e. The van der Waals surface area contributed by atoms with Crippen molar-refractivity contribution in [1.29, 1.82) is 0 Å². The fourth-order valence-electron chi connectivity index (χ4n) is 3.06. The maximum atomic E-state index is 13.4. The molecule has 7 heteroatoms. The summed E-state index contributed by atoms with van der Waals surface area (Å²) >= 11 is 0. The standard InChI is InChI=1S/C22H32F5NO/c1-2-3-4-5-6-7-8-9-10-11-12-13-14-15-28-29-16-17-18(23)20(25)22(27)21(26)19(17)24/h15H,2-14,16H2,1H3. The van der Waals surface area contributed by atoms with E-state index in [9.17, 15) is 22.0 Å². The van der Waals surface area contributed by atoms with Gasteiger partial charge in [-0.25, -0.2) is 22.0 Å². The Kier molecular flexibility index (Phi) is 13.3. The van der Waals surface area contributed by atoms with Crippen LogP contribution in [0.15, 0.2) is 5.16 Å². The summed E-state index contributed by atoms with van der Waals surface area (Å²) in [5, 5.41) is 3.52. The minimum atomic E-state index is -2.18. The first-order chi connectivity index (χ1) is 14.0. The van der Waals surface area contributed by atoms with Crippen molar-refractivity contribution in [3.8, 4) is 0 Å². The molecule has 0 spiro atoms. The van der Waals surface area contributed by atoms with Crippen LogP contribution in [0.2, 0.25) is 0 Å². The van der Waals surface area contributed by atoms with E-state index in [-0.39, 0.29) is 0 Å². The highest BCUT2D eigenvalue weighted by Gasteiger charge is 2.25. The maximum Gasteiger partial charge on any atom is 0.200 e. The molecule has 0 saturated heterocycles. The van der Waals surface area contributed by atoms with Gasteiger partial charge < -0.3 is 4.84 Å². The van der Waals surface area contributed by atoms with Crippen LogP contribution in [0.4, 0.5) is 22.0 Å². The van der Waals surface area contributed by atoms with Gasteiger partial charge in [0.15, 0.2) is 23.3 Å². The number of halogens is 5. The predicted octanol–water partition coefficient (Wildman–Crippen LogP) is 7.98. The first kappa shape index (κ1) is 25.4. The lowest BCUT2D eigenvalue weighted by molar-refractivity contribution is 0.124. The average Bonchev–Trinajstić information content (AvgIpc) is 2.72. The Bertz CT molecular complexity index is 593. The number of oxime groups is 1. The first-order valence-electron chi connectivity index (χ1n) is 10.6. The molecular weight excluding hydrogens is 389 g/mol. The maximum absolute atomic E-state index is 13.4. The van der Waals surface area contributed by atoms with Gasteiger partial charge in [0.05, 0.1) is 5.56 Å². The summed E-state index contributed by atoms with van der Waals surface area (Å²) in [5.41, 5.74) is -1.02. The lowest BCUT2D eigenvalue weighted by atomic mass is 10.0. The highest BCUT2D eigenvalue weighted by atomic mass is 19.2. The van der Waals surface area contributed by atoms with Crippen LogP contribution in [0.25, 0.3) is 0 Å². The molecule has 29 heavy (non-hydrogen) atoms. The second-order valence-corrected chi connectivity index (χ2v) is 7.29. The van der Waals surface area contributed by atoms with Gasteiger partial charge in [-0.15, -0.1) is 0 Å². The smallest absolute Gasteiger partial charge is 0.200 e. The van der Waals surface area contributed by atoms with Crippen LogP contribution < -0.4 is 0 Å². The highest BCUT2D eigenvalue weighted by Crippen LogP contribution is 2.23. The van der Waals surface area contributed by atoms with E-state index in [2.05, 4.69) is 16.9 Å². The van der Waals surface area contributed by atoms with E-state index in [1.165, 1.54) is 64.0 Å². The summed E-state index contributed by atoms with van der Waals surface area (Å²) in [6, 6.07) is 0. The fourth-order valence-corrected chi connectivity index (χ4v) is 3.06. The van der Waals surface area contributed by atoms with Gasteiger partial charge in [-0.3, -0.25) is 0 Å². The molecular formula is C22H32F5NO. The molecule has 0 bridgehead atoms. The third-order valence-electron chi connectivity index (χ3n) is 4.85. The quantitative estimate of drug-likeness (QED) is 0.0662. The predicted molar refractivity (Wildman–Crippen MR) is 105 cm³/mol. The molecule has 1 aromatic carbocycles. The minimum Gasteiger partial charge on any atom is -0.391 e. The first-order valence-corrected chi connectivity index (χ1v) is 10.6. The van der Waals surface area contributed by atoms with E-state index in [1.807, 2.05) is 0 Å². The van der Waals surface area contributed by atoms with Gasteiger partial charge in [-0.1, -0.05) is 82.7 Å². The van der Waals surface area contributed by atoms with Gasteiger partial charge in [-0.05, 0) is 12.8 Å². The van der Waals surface area contributed by atoms with Crippen molar-refractivity contribution >= 4 is 6.21 Å². The molecule has 0 radical (unpaired) electrons. The van der Waals surface area contributed by atoms with Crippen molar-refractivity contribution < 1.29 is 26.8 Å². The van der Waals surface area contributed by atoms with Crippen LogP contribution in [0.5, 0.6) is 0 Å². The lowest BCUT2D eigenvalue weighted by Gasteiger charge is -2.06. The number of rotatable bonds is 16. The molecule has 0 atom stereocenters. The SMILES string of the molecule is CCCCCCCCCCCCCCC=NOCc1c(F)c(F)c(F)c(F)c1F. The summed E-state index contributed by atoms with van der Waals surface area (Å²) in [6.45, 7) is 1.40. The molecule has 0 heterocycles. The van der Waals surface area contributed by atoms with Gasteiger partial charge in [0, 0.05) is 6.21 Å². The second kappa shape index (κ2) is 15.2. The van der Waals surface area contributed by atoms with Crippen LogP contribution in [-0.2, 0) is 11.4 Å². The Labute approximate surface area is 170 Å². The third kappa shape index (κ3) is 9.59. The van der Waals surface area contributed by atoms with Crippen LogP contribution in [-0.4, -0.2) is 6.21 Å². The van der Waals surface area contributed by atoms with Crippen LogP contribution in [0, 0.1) is 29.1 Å². The zero-order chi connectivity index (χ0) is 21.5. The van der Waals surface area contributed by atoms with Crippen molar-refractivity contribution in [3.05, 3.63) is 34.6 Å². The summed E-state index contributed by atoms with van der Waals surface area (Å²) < 4.78 is 65.9. The topological polar surface area (TPSA) is 21.6 Å². The van der Waals surface area contributed by atoms with Crippen molar-refractivity contribution in [3.63, 3.8) is 0 Å². The van der Waals surface area contributed by atoms with E-state index >= 15 is 0 Å². The Morgan fingerprint density at radius 1 is 0.621 bits per heavy atom. The Morgan fingerprint density at radius 2 is 1.03 bits per heavy atom. The molecule has 0 aliphatic carbocycles. The van der Waals surface area contributed by atoms with E-state index < -0.39 is 41.3 Å². The highest BCUT2D eigenvalue weighted by molar-refractivity contribution is 5.56. The molecule has 0 amide bonds. The number of benzene rings is 1. The van der Waals surface area contributed by atoms with E-state index in [0.29, 0.717) is 6.42 Å². The summed E-state index contributed by atoms with van der Waals surface area (Å²) in [5.74, 6) is -9.93. The molecule has 0 saturated carbocycles. The molecule has 1 rings (SSSR count). The van der Waals surface area contributed by atoms with Gasteiger partial charge in [-0.2, -0.15) is 0 Å². The Balaban J connectivity index is 2.06. The van der Waals surface area contributed by atoms with E-state index in [4.69, 9.17) is 0 Å². The Hall–Kier alpha value is -1.66. The van der Waals surface area contributed by atoms with Gasteiger partial charge in [0.25, 0.3) is 0 Å². The molecule has 0 fully saturated rings. The Morgan fingerprint density at radius 3 is 1.52 bits per heavy atom. The van der Waals surface area contributed by atoms with E-state index in [1.54, 1.807) is 0 Å². The van der Waals surface area contributed by atoms with Crippen molar-refractivity contribution in [2.45, 2.75) is 97.0 Å². The molecule has 0 unspecified atom stereocenters. The monoisotopic (exact) mass is 421 g/mol. The number of hydrogen-bond acceptors (Lipinski definition) is 2. The third-order valence-corrected chi connectivity index (χ3v) is 4.85. The number of hydrogen-bond donors (Lipinski definition) is 0. The molecule has 0 N–H and O–H groups in total. The van der Waals surface area contributed by atoms with Crippen LogP contribution in [0.3, 0.4) is 0 Å². The second-order valence-electron chi connectivity index (χ2n) is 7.29. The zero-order valence-electron chi connectivity index (χ0n) is 17.2. The molecule has 2 nitrogen and oxygen atoms in total. The normalized spacial score (nSPS) is 11.5. The number of nitrogens with zero attached hydrogens (tertiary/aromatic N) is 1.